The van der Waals surface area contributed by atoms with Crippen LogP contribution >= 0.6 is 0 Å². The summed E-state index contributed by atoms with van der Waals surface area (Å²) in [6, 6.07) is -0.271. The third-order valence-electron chi connectivity index (χ3n) is 19.3. The van der Waals surface area contributed by atoms with Gasteiger partial charge in [-0.25, -0.2) is 4.98 Å². The number of rotatable bonds is 7. The summed E-state index contributed by atoms with van der Waals surface area (Å²) in [6.45, 7) is 10.4. The van der Waals surface area contributed by atoms with Gasteiger partial charge < -0.3 is 55.5 Å². The second-order valence-corrected chi connectivity index (χ2v) is 21.8. The van der Waals surface area contributed by atoms with Crippen molar-refractivity contribution in [3.05, 3.63) is 42.0 Å². The minimum Gasteiger partial charge on any atom is -0.481 e. The van der Waals surface area contributed by atoms with E-state index in [1.807, 2.05) is 6.92 Å². The number of ether oxygens (including phenoxy) is 2. The molecule has 3 heterocycles. The van der Waals surface area contributed by atoms with Crippen LogP contribution in [0.4, 0.5) is 0 Å². The summed E-state index contributed by atoms with van der Waals surface area (Å²) in [5, 5.41) is 81.8. The molecule has 0 aromatic carbocycles. The highest BCUT2D eigenvalue weighted by molar-refractivity contribution is 5.80. The number of fused-ring (bicyclic) bond motifs is 8. The number of nitrogens with zero attached hydrogens (tertiary/aromatic N) is 1. The van der Waals surface area contributed by atoms with Crippen LogP contribution in [0.1, 0.15) is 104 Å². The van der Waals surface area contributed by atoms with Crippen molar-refractivity contribution in [3.8, 4) is 0 Å². The number of imidazole rings is 1. The van der Waals surface area contributed by atoms with Gasteiger partial charge in [0.05, 0.1) is 37.2 Å². The molecule has 20 unspecified atom stereocenters. The third kappa shape index (κ3) is 5.69. The van der Waals surface area contributed by atoms with Gasteiger partial charge >= 0.3 is 5.97 Å². The number of aromatic amines is 1. The number of hydrogen-bond acceptors (Lipinski definition) is 11. The molecule has 14 nitrogen and oxygen atoms in total. The predicted octanol–water partition coefficient (Wildman–Crippen LogP) is 3.04. The van der Waals surface area contributed by atoms with E-state index >= 15 is 0 Å². The highest BCUT2D eigenvalue weighted by atomic mass is 16.7. The van der Waals surface area contributed by atoms with Gasteiger partial charge in [-0.15, -0.1) is 0 Å². The molecule has 6 aliphatic carbocycles. The van der Waals surface area contributed by atoms with Crippen LogP contribution in [0.2, 0.25) is 0 Å². The summed E-state index contributed by atoms with van der Waals surface area (Å²) in [6.07, 6.45) is 7.31. The summed E-state index contributed by atoms with van der Waals surface area (Å²) >= 11 is 0. The van der Waals surface area contributed by atoms with Crippen LogP contribution in [-0.2, 0) is 19.1 Å². The summed E-state index contributed by atoms with van der Waals surface area (Å²) in [5.41, 5.74) is -1.66. The molecule has 2 aliphatic heterocycles. The van der Waals surface area contributed by atoms with E-state index in [2.05, 4.69) is 61.2 Å². The molecule has 60 heavy (non-hydrogen) atoms. The second-order valence-electron chi connectivity index (χ2n) is 21.8. The van der Waals surface area contributed by atoms with Crippen LogP contribution < -0.4 is 5.32 Å². The number of carbonyl (C=O) groups excluding carboxylic acids is 1. The van der Waals surface area contributed by atoms with Crippen molar-refractivity contribution in [1.29, 1.82) is 0 Å². The zero-order valence-corrected chi connectivity index (χ0v) is 35.7. The van der Waals surface area contributed by atoms with Gasteiger partial charge in [-0.2, -0.15) is 0 Å². The molecule has 14 heteroatoms. The van der Waals surface area contributed by atoms with Gasteiger partial charge in [0.2, 0.25) is 5.91 Å². The Labute approximate surface area is 352 Å². The number of allylic oxidation sites excluding steroid dienone is 3. The fourth-order valence-corrected chi connectivity index (χ4v) is 15.8. The molecule has 20 atom stereocenters. The van der Waals surface area contributed by atoms with Crippen LogP contribution in [-0.4, -0.2) is 120 Å². The van der Waals surface area contributed by atoms with E-state index in [0.717, 1.165) is 12.1 Å². The molecule has 6 fully saturated rings. The second kappa shape index (κ2) is 14.4. The molecule has 0 radical (unpaired) electrons. The van der Waals surface area contributed by atoms with Gasteiger partial charge in [-0.05, 0) is 109 Å². The number of H-pyrrole nitrogens is 1. The number of carboxylic acid groups (broad SMARTS) is 1. The quantitative estimate of drug-likeness (QED) is 0.143. The molecule has 8 aliphatic rings. The van der Waals surface area contributed by atoms with E-state index < -0.39 is 70.4 Å². The predicted molar refractivity (Wildman–Crippen MR) is 216 cm³/mol. The van der Waals surface area contributed by atoms with Crippen molar-refractivity contribution in [2.75, 3.05) is 19.8 Å². The van der Waals surface area contributed by atoms with Gasteiger partial charge in [0.1, 0.15) is 18.3 Å². The Kier molecular flexibility index (Phi) is 10.2. The van der Waals surface area contributed by atoms with Crippen LogP contribution in [0.5, 0.6) is 0 Å². The molecule has 1 aromatic rings. The lowest BCUT2D eigenvalue weighted by Gasteiger charge is -2.74. The normalized spacial score (nSPS) is 53.5. The van der Waals surface area contributed by atoms with Crippen molar-refractivity contribution in [3.63, 3.8) is 0 Å². The molecule has 4 saturated carbocycles. The minimum absolute atomic E-state index is 0.00348. The maximum atomic E-state index is 13.5. The van der Waals surface area contributed by atoms with Gasteiger partial charge in [-0.3, -0.25) is 9.59 Å². The number of carboxylic acids is 1. The van der Waals surface area contributed by atoms with Crippen molar-refractivity contribution >= 4 is 11.9 Å². The van der Waals surface area contributed by atoms with Gasteiger partial charge in [-0.1, -0.05) is 58.4 Å². The van der Waals surface area contributed by atoms with Crippen molar-refractivity contribution in [1.82, 2.24) is 15.3 Å². The standard InChI is InChI=1S/C46H67N3O11/c1-41(20-50)12-14-46(40(57)58)15-13-43(3)26(27(46)17-41)8-9-31-44(43,4)11-10-30-42(2,21-51)38(60-39-37(56)35(54)29(52)19-59-39)36(55)33(45(30,31)5)23-6-7-24(28-18-47-22-48-28)34-25(23)16-32(53)49-34/h6-8,18,22-25,27,29-31,33-39,50-52,54-56H,9-17,19-21H2,1-5H3,(H,47,48)(H,49,53)(H,57,58). The number of aliphatic carboxylic acids is 1. The van der Waals surface area contributed by atoms with Crippen LogP contribution in [0, 0.1) is 68.0 Å². The Balaban J connectivity index is 1.19. The Morgan fingerprint density at radius 1 is 0.950 bits per heavy atom. The molecule has 9 N–H and O–H groups in total. The van der Waals surface area contributed by atoms with Crippen LogP contribution in [0.3, 0.4) is 0 Å². The first kappa shape index (κ1) is 42.6. The highest BCUT2D eigenvalue weighted by Gasteiger charge is 2.74. The number of amides is 1. The Morgan fingerprint density at radius 3 is 2.38 bits per heavy atom. The average Bonchev–Trinajstić information content (AvgIpc) is 3.90. The maximum absolute atomic E-state index is 13.5. The topological polar surface area (TPSA) is 235 Å². The summed E-state index contributed by atoms with van der Waals surface area (Å²) in [7, 11) is 0. The SMILES string of the molecule is CC1(CO)CCC2(C(=O)O)CCC3(C)C(=CCC4C5(C)C(C6C=CC(c7cnc[nH]7)C7NC(=O)CC67)C(O)C(OC6OCC(O)C(O)C6O)C(C)(CO)C5CCC43C)C2C1. The zero-order chi connectivity index (χ0) is 42.9. The molecular weight excluding hydrogens is 771 g/mol. The zero-order valence-electron chi connectivity index (χ0n) is 35.7. The molecule has 1 aromatic heterocycles. The lowest BCUT2D eigenvalue weighted by Crippen LogP contribution is -2.73. The van der Waals surface area contributed by atoms with Gasteiger partial charge in [0.15, 0.2) is 6.29 Å². The minimum atomic E-state index is -1.60. The lowest BCUT2D eigenvalue weighted by atomic mass is 9.31. The van der Waals surface area contributed by atoms with E-state index in [4.69, 9.17) is 9.47 Å². The first-order valence-electron chi connectivity index (χ1n) is 22.4. The van der Waals surface area contributed by atoms with E-state index in [1.54, 1.807) is 12.5 Å². The first-order valence-corrected chi connectivity index (χ1v) is 22.4. The van der Waals surface area contributed by atoms with E-state index in [-0.39, 0.29) is 84.5 Å². The van der Waals surface area contributed by atoms with Gasteiger partial charge in [0, 0.05) is 42.3 Å². The number of nitrogens with one attached hydrogen (secondary N) is 2. The van der Waals surface area contributed by atoms with Crippen molar-refractivity contribution < 1.29 is 54.8 Å². The summed E-state index contributed by atoms with van der Waals surface area (Å²) in [4.78, 5) is 34.3. The highest BCUT2D eigenvalue weighted by Crippen LogP contribution is 2.77. The molecule has 332 valence electrons. The van der Waals surface area contributed by atoms with Crippen molar-refractivity contribution in [2.24, 2.45) is 68.0 Å². The first-order chi connectivity index (χ1) is 28.3. The van der Waals surface area contributed by atoms with Crippen LogP contribution in [0.25, 0.3) is 0 Å². The fraction of sp³-hybridized carbons (Fsp3) is 0.804. The fourth-order valence-electron chi connectivity index (χ4n) is 15.8. The number of carbonyl (C=O) groups is 2. The Bertz CT molecular complexity index is 1910. The number of aliphatic hydroxyl groups excluding tert-OH is 6. The van der Waals surface area contributed by atoms with Crippen LogP contribution in [0.15, 0.2) is 36.3 Å². The third-order valence-corrected chi connectivity index (χ3v) is 19.3. The Hall–Kier alpha value is -2.69. The van der Waals surface area contributed by atoms with E-state index in [1.165, 1.54) is 5.57 Å². The molecule has 9 rings (SSSR count). The maximum Gasteiger partial charge on any atom is 0.310 e. The smallest absolute Gasteiger partial charge is 0.310 e. The van der Waals surface area contributed by atoms with Gasteiger partial charge in [0.25, 0.3) is 0 Å². The summed E-state index contributed by atoms with van der Waals surface area (Å²) in [5.74, 6) is -2.49. The summed E-state index contributed by atoms with van der Waals surface area (Å²) < 4.78 is 12.4. The molecule has 2 saturated heterocycles. The number of aromatic nitrogens is 2. The van der Waals surface area contributed by atoms with Crippen molar-refractivity contribution in [2.45, 2.75) is 141 Å². The molecule has 1 amide bonds. The molecule has 0 spiro atoms. The van der Waals surface area contributed by atoms with E-state index in [0.29, 0.717) is 44.9 Å². The Morgan fingerprint density at radius 2 is 1.70 bits per heavy atom. The largest absolute Gasteiger partial charge is 0.481 e. The monoisotopic (exact) mass is 837 g/mol. The molecule has 0 bridgehead atoms. The van der Waals surface area contributed by atoms with E-state index in [9.17, 15) is 45.3 Å². The number of hydrogen-bond donors (Lipinski definition) is 9. The average molecular weight is 838 g/mol. The molecular formula is C46H67N3O11. The number of aliphatic hydroxyl groups is 6. The lowest BCUT2D eigenvalue weighted by molar-refractivity contribution is -0.343.